The average molecular weight is 335 g/mol. The lowest BCUT2D eigenvalue weighted by atomic mass is 9.94. The standard InChI is InChI=1S/C17H17N7O/c25-15-10-14(11-4-6-18-7-5-11)23-17(21-15)16-12(22-23)2-1-3-13(16)24-19-8-9-20-24/h1-3,8-11,18H,4-7H2,(H,21,25). The van der Waals surface area contributed by atoms with Gasteiger partial charge in [0.2, 0.25) is 0 Å². The normalized spacial score (nSPS) is 16.0. The molecule has 0 atom stereocenters. The average Bonchev–Trinajstić information content (AvgIpc) is 3.29. The molecule has 3 aromatic heterocycles. The molecule has 0 radical (unpaired) electrons. The van der Waals surface area contributed by atoms with Crippen LogP contribution in [0.25, 0.3) is 22.2 Å². The van der Waals surface area contributed by atoms with E-state index in [9.17, 15) is 4.79 Å². The van der Waals surface area contributed by atoms with Gasteiger partial charge in [0.25, 0.3) is 5.56 Å². The van der Waals surface area contributed by atoms with Crippen molar-refractivity contribution in [3.8, 4) is 5.69 Å². The van der Waals surface area contributed by atoms with Gasteiger partial charge in [-0.25, -0.2) is 4.52 Å². The molecule has 4 heterocycles. The van der Waals surface area contributed by atoms with Crippen molar-refractivity contribution < 1.29 is 0 Å². The maximum atomic E-state index is 12.3. The maximum Gasteiger partial charge on any atom is 0.251 e. The SMILES string of the molecule is O=c1cc(C2CCNCC2)n2nc3cccc(-n4nccn4)c3c2[nH]1. The highest BCUT2D eigenvalue weighted by Crippen LogP contribution is 2.29. The summed E-state index contributed by atoms with van der Waals surface area (Å²) in [5.74, 6) is 0.326. The van der Waals surface area contributed by atoms with Crippen LogP contribution in [0.1, 0.15) is 24.5 Å². The molecule has 1 aliphatic heterocycles. The molecule has 0 amide bonds. The number of H-pyrrole nitrogens is 1. The topological polar surface area (TPSA) is 92.9 Å². The molecule has 0 unspecified atom stereocenters. The van der Waals surface area contributed by atoms with E-state index in [2.05, 4.69) is 20.5 Å². The van der Waals surface area contributed by atoms with Crippen LogP contribution < -0.4 is 10.9 Å². The summed E-state index contributed by atoms with van der Waals surface area (Å²) in [4.78, 5) is 16.8. The number of hydrogen-bond acceptors (Lipinski definition) is 5. The maximum absolute atomic E-state index is 12.3. The van der Waals surface area contributed by atoms with E-state index in [0.717, 1.165) is 48.2 Å². The Balaban J connectivity index is 1.83. The summed E-state index contributed by atoms with van der Waals surface area (Å²) < 4.78 is 1.88. The summed E-state index contributed by atoms with van der Waals surface area (Å²) in [6.07, 6.45) is 5.27. The molecule has 1 fully saturated rings. The Hall–Kier alpha value is -3.00. The molecule has 126 valence electrons. The van der Waals surface area contributed by atoms with Crippen LogP contribution in [0.3, 0.4) is 0 Å². The third-order valence-corrected chi connectivity index (χ3v) is 4.83. The number of piperidine rings is 1. The van der Waals surface area contributed by atoms with Gasteiger partial charge < -0.3 is 10.3 Å². The first-order valence-electron chi connectivity index (χ1n) is 8.43. The fraction of sp³-hybridized carbons (Fsp3) is 0.294. The number of nitrogens with one attached hydrogen (secondary N) is 2. The van der Waals surface area contributed by atoms with Gasteiger partial charge in [0.1, 0.15) is 5.65 Å². The van der Waals surface area contributed by atoms with Crippen molar-refractivity contribution in [1.82, 2.24) is 34.9 Å². The second-order valence-corrected chi connectivity index (χ2v) is 6.33. The zero-order chi connectivity index (χ0) is 16.8. The summed E-state index contributed by atoms with van der Waals surface area (Å²) >= 11 is 0. The monoisotopic (exact) mass is 335 g/mol. The minimum absolute atomic E-state index is 0.105. The van der Waals surface area contributed by atoms with Crippen LogP contribution in [-0.2, 0) is 0 Å². The van der Waals surface area contributed by atoms with E-state index in [1.807, 2.05) is 22.7 Å². The fourth-order valence-corrected chi connectivity index (χ4v) is 3.68. The second kappa shape index (κ2) is 5.52. The lowest BCUT2D eigenvalue weighted by molar-refractivity contribution is 0.446. The highest BCUT2D eigenvalue weighted by Gasteiger charge is 2.22. The van der Waals surface area contributed by atoms with Crippen LogP contribution in [0.15, 0.2) is 41.5 Å². The quantitative estimate of drug-likeness (QED) is 0.575. The van der Waals surface area contributed by atoms with E-state index in [1.165, 1.54) is 0 Å². The van der Waals surface area contributed by atoms with Crippen molar-refractivity contribution in [2.45, 2.75) is 18.8 Å². The summed E-state index contributed by atoms with van der Waals surface area (Å²) in [5, 5.41) is 17.4. The van der Waals surface area contributed by atoms with Crippen molar-refractivity contribution in [2.75, 3.05) is 13.1 Å². The molecule has 2 N–H and O–H groups in total. The van der Waals surface area contributed by atoms with Crippen molar-refractivity contribution in [2.24, 2.45) is 0 Å². The Morgan fingerprint density at radius 3 is 2.72 bits per heavy atom. The van der Waals surface area contributed by atoms with Gasteiger partial charge in [0.15, 0.2) is 0 Å². The minimum atomic E-state index is -0.105. The lowest BCUT2D eigenvalue weighted by Crippen LogP contribution is -2.28. The van der Waals surface area contributed by atoms with E-state index >= 15 is 0 Å². The zero-order valence-corrected chi connectivity index (χ0v) is 13.5. The first-order chi connectivity index (χ1) is 12.3. The van der Waals surface area contributed by atoms with Gasteiger partial charge in [-0.05, 0) is 38.1 Å². The second-order valence-electron chi connectivity index (χ2n) is 6.33. The van der Waals surface area contributed by atoms with Gasteiger partial charge in [-0.1, -0.05) is 6.07 Å². The van der Waals surface area contributed by atoms with Gasteiger partial charge in [-0.2, -0.15) is 20.1 Å². The van der Waals surface area contributed by atoms with Crippen molar-refractivity contribution in [1.29, 1.82) is 0 Å². The number of fused-ring (bicyclic) bond motifs is 3. The number of hydrogen-bond donors (Lipinski definition) is 2. The smallest absolute Gasteiger partial charge is 0.251 e. The van der Waals surface area contributed by atoms with Gasteiger partial charge >= 0.3 is 0 Å². The van der Waals surface area contributed by atoms with E-state index in [-0.39, 0.29) is 5.56 Å². The predicted octanol–water partition coefficient (Wildman–Crippen LogP) is 1.22. The number of benzene rings is 1. The molecule has 1 saturated heterocycles. The zero-order valence-electron chi connectivity index (χ0n) is 13.5. The lowest BCUT2D eigenvalue weighted by Gasteiger charge is -2.23. The molecule has 0 bridgehead atoms. The molecule has 8 nitrogen and oxygen atoms in total. The van der Waals surface area contributed by atoms with Crippen LogP contribution >= 0.6 is 0 Å². The van der Waals surface area contributed by atoms with E-state index < -0.39 is 0 Å². The number of rotatable bonds is 2. The molecule has 1 aliphatic rings. The molecule has 5 rings (SSSR count). The minimum Gasteiger partial charge on any atom is -0.317 e. The molecule has 0 aliphatic carbocycles. The molecule has 1 aromatic carbocycles. The number of aromatic nitrogens is 6. The predicted molar refractivity (Wildman–Crippen MR) is 93.1 cm³/mol. The van der Waals surface area contributed by atoms with E-state index in [4.69, 9.17) is 5.10 Å². The molecule has 0 saturated carbocycles. The van der Waals surface area contributed by atoms with E-state index in [0.29, 0.717) is 11.6 Å². The largest absolute Gasteiger partial charge is 0.317 e. The number of aromatic amines is 1. The molecule has 25 heavy (non-hydrogen) atoms. The highest BCUT2D eigenvalue weighted by atomic mass is 16.1. The fourth-order valence-electron chi connectivity index (χ4n) is 3.68. The third-order valence-electron chi connectivity index (χ3n) is 4.83. The van der Waals surface area contributed by atoms with Crippen LogP contribution in [0.4, 0.5) is 0 Å². The van der Waals surface area contributed by atoms with Crippen molar-refractivity contribution >= 4 is 16.6 Å². The summed E-state index contributed by atoms with van der Waals surface area (Å²) in [7, 11) is 0. The third kappa shape index (κ3) is 2.25. The molecule has 8 heteroatoms. The van der Waals surface area contributed by atoms with E-state index in [1.54, 1.807) is 23.3 Å². The van der Waals surface area contributed by atoms with Crippen molar-refractivity contribution in [3.05, 3.63) is 52.7 Å². The Morgan fingerprint density at radius 1 is 1.12 bits per heavy atom. The summed E-state index contributed by atoms with van der Waals surface area (Å²) in [6.45, 7) is 1.92. The Labute approximate surface area is 142 Å². The first kappa shape index (κ1) is 14.4. The van der Waals surface area contributed by atoms with Gasteiger partial charge in [0, 0.05) is 12.0 Å². The van der Waals surface area contributed by atoms with Crippen LogP contribution in [0.5, 0.6) is 0 Å². The molecule has 4 aromatic rings. The Bertz CT molecular complexity index is 1100. The molecular formula is C17H17N7O. The summed E-state index contributed by atoms with van der Waals surface area (Å²) in [6, 6.07) is 7.48. The summed E-state index contributed by atoms with van der Waals surface area (Å²) in [5.41, 5.74) is 3.17. The van der Waals surface area contributed by atoms with Crippen molar-refractivity contribution in [3.63, 3.8) is 0 Å². The van der Waals surface area contributed by atoms with Crippen LogP contribution in [0.2, 0.25) is 0 Å². The highest BCUT2D eigenvalue weighted by molar-refractivity contribution is 5.98. The molecule has 0 spiro atoms. The Kier molecular flexibility index (Phi) is 3.17. The Morgan fingerprint density at radius 2 is 1.92 bits per heavy atom. The van der Waals surface area contributed by atoms with Crippen LogP contribution in [-0.4, -0.2) is 42.7 Å². The molecular weight excluding hydrogens is 318 g/mol. The van der Waals surface area contributed by atoms with Crippen LogP contribution in [0, 0.1) is 0 Å². The van der Waals surface area contributed by atoms with Gasteiger partial charge in [-0.3, -0.25) is 4.79 Å². The van der Waals surface area contributed by atoms with Gasteiger partial charge in [-0.15, -0.1) is 0 Å². The number of nitrogens with zero attached hydrogens (tertiary/aromatic N) is 5. The van der Waals surface area contributed by atoms with Gasteiger partial charge in [0.05, 0.1) is 34.7 Å². The first-order valence-corrected chi connectivity index (χ1v) is 8.43.